The van der Waals surface area contributed by atoms with Gasteiger partial charge in [-0.25, -0.2) is 0 Å². The summed E-state index contributed by atoms with van der Waals surface area (Å²) in [7, 11) is 1.68. The van der Waals surface area contributed by atoms with Gasteiger partial charge in [0, 0.05) is 0 Å². The fourth-order valence-electron chi connectivity index (χ4n) is 2.34. The van der Waals surface area contributed by atoms with Gasteiger partial charge in [0.25, 0.3) is 0 Å². The number of hydrogen-bond acceptors (Lipinski definition) is 2. The molecule has 1 saturated heterocycles. The highest BCUT2D eigenvalue weighted by Gasteiger charge is 2.29. The van der Waals surface area contributed by atoms with E-state index in [0.29, 0.717) is 6.10 Å². The van der Waals surface area contributed by atoms with Crippen molar-refractivity contribution in [1.29, 1.82) is 0 Å². The van der Waals surface area contributed by atoms with Crippen molar-refractivity contribution in [3.63, 3.8) is 0 Å². The van der Waals surface area contributed by atoms with E-state index in [-0.39, 0.29) is 11.5 Å². The number of hydrogen-bond donors (Lipinski definition) is 0. The van der Waals surface area contributed by atoms with Gasteiger partial charge in [-0.15, -0.1) is 11.6 Å². The van der Waals surface area contributed by atoms with Crippen molar-refractivity contribution in [2.24, 2.45) is 0 Å². The molecule has 1 aromatic carbocycles. The maximum Gasteiger partial charge on any atom is 0.121 e. The monoisotopic (exact) mass is 254 g/mol. The Labute approximate surface area is 108 Å². The highest BCUT2D eigenvalue weighted by Crippen LogP contribution is 2.36. The van der Waals surface area contributed by atoms with Crippen LogP contribution >= 0.6 is 11.6 Å². The van der Waals surface area contributed by atoms with Gasteiger partial charge >= 0.3 is 0 Å². The zero-order valence-electron chi connectivity index (χ0n) is 10.6. The number of benzene rings is 1. The molecule has 1 aliphatic rings. The lowest BCUT2D eigenvalue weighted by atomic mass is 10.0. The average Bonchev–Trinajstić information content (AvgIpc) is 2.75. The molecule has 0 N–H and O–H groups in total. The van der Waals surface area contributed by atoms with Crippen molar-refractivity contribution < 1.29 is 9.47 Å². The summed E-state index contributed by atoms with van der Waals surface area (Å²) in [5, 5.41) is -0.0652. The maximum atomic E-state index is 6.48. The lowest BCUT2D eigenvalue weighted by molar-refractivity contribution is 0.0533. The molecule has 1 aliphatic heterocycles. The topological polar surface area (TPSA) is 18.5 Å². The van der Waals surface area contributed by atoms with E-state index in [2.05, 4.69) is 13.0 Å². The minimum absolute atomic E-state index is 0.0652. The Balaban J connectivity index is 2.14. The zero-order chi connectivity index (χ0) is 12.4. The van der Waals surface area contributed by atoms with Crippen molar-refractivity contribution in [1.82, 2.24) is 0 Å². The largest absolute Gasteiger partial charge is 0.496 e. The molecule has 1 heterocycles. The molecule has 2 nitrogen and oxygen atoms in total. The van der Waals surface area contributed by atoms with Crippen LogP contribution < -0.4 is 4.74 Å². The van der Waals surface area contributed by atoms with Gasteiger partial charge < -0.3 is 9.47 Å². The first-order chi connectivity index (χ1) is 8.11. The van der Waals surface area contributed by atoms with Gasteiger partial charge in [0.15, 0.2) is 0 Å². The van der Waals surface area contributed by atoms with Crippen LogP contribution in [0.5, 0.6) is 5.75 Å². The third-order valence-electron chi connectivity index (χ3n) is 3.33. The molecule has 0 saturated carbocycles. The van der Waals surface area contributed by atoms with Crippen LogP contribution in [0.4, 0.5) is 0 Å². The van der Waals surface area contributed by atoms with Gasteiger partial charge in [-0.3, -0.25) is 0 Å². The van der Waals surface area contributed by atoms with Crippen molar-refractivity contribution >= 4 is 11.6 Å². The number of halogens is 1. The second-order valence-electron chi connectivity index (χ2n) is 4.69. The number of rotatable bonds is 3. The number of alkyl halides is 1. The predicted octanol–water partition coefficient (Wildman–Crippen LogP) is 3.85. The molecule has 94 valence electrons. The summed E-state index contributed by atoms with van der Waals surface area (Å²) in [6.45, 7) is 4.13. The standard InChI is InChI=1S/C14H19ClO2/c1-9-8-11(5-7-12(9)16-3)14(15)13-6-4-10(2)17-13/h5,7-8,10,13-14H,4,6H2,1-3H3. The summed E-state index contributed by atoms with van der Waals surface area (Å²) in [5.41, 5.74) is 2.23. The van der Waals surface area contributed by atoms with E-state index in [9.17, 15) is 0 Å². The van der Waals surface area contributed by atoms with Crippen LogP contribution in [-0.2, 0) is 4.74 Å². The van der Waals surface area contributed by atoms with Gasteiger partial charge in [-0.05, 0) is 43.9 Å². The lowest BCUT2D eigenvalue weighted by Crippen LogP contribution is -2.14. The molecule has 1 aromatic rings. The fourth-order valence-corrected chi connectivity index (χ4v) is 2.66. The second kappa shape index (κ2) is 5.28. The van der Waals surface area contributed by atoms with Crippen molar-refractivity contribution in [3.8, 4) is 5.75 Å². The van der Waals surface area contributed by atoms with Crippen molar-refractivity contribution in [3.05, 3.63) is 29.3 Å². The van der Waals surface area contributed by atoms with Gasteiger partial charge in [0.05, 0.1) is 24.7 Å². The Morgan fingerprint density at radius 1 is 1.41 bits per heavy atom. The second-order valence-corrected chi connectivity index (χ2v) is 5.16. The minimum Gasteiger partial charge on any atom is -0.496 e. The van der Waals surface area contributed by atoms with Crippen LogP contribution in [0.2, 0.25) is 0 Å². The Hall–Kier alpha value is -0.730. The van der Waals surface area contributed by atoms with Crippen molar-refractivity contribution in [2.75, 3.05) is 7.11 Å². The van der Waals surface area contributed by atoms with Crippen LogP contribution in [-0.4, -0.2) is 19.3 Å². The molecule has 0 aromatic heterocycles. The van der Waals surface area contributed by atoms with Gasteiger partial charge in [-0.2, -0.15) is 0 Å². The minimum atomic E-state index is -0.0652. The molecule has 0 spiro atoms. The molecular formula is C14H19ClO2. The number of ether oxygens (including phenoxy) is 2. The number of aryl methyl sites for hydroxylation is 1. The summed E-state index contributed by atoms with van der Waals surface area (Å²) >= 11 is 6.48. The van der Waals surface area contributed by atoms with Crippen LogP contribution in [0.1, 0.15) is 36.3 Å². The van der Waals surface area contributed by atoms with Gasteiger partial charge in [-0.1, -0.05) is 12.1 Å². The molecule has 2 rings (SSSR count). The van der Waals surface area contributed by atoms with E-state index in [4.69, 9.17) is 21.1 Å². The van der Waals surface area contributed by atoms with Crippen LogP contribution in [0.3, 0.4) is 0 Å². The van der Waals surface area contributed by atoms with E-state index in [1.54, 1.807) is 7.11 Å². The molecule has 0 bridgehead atoms. The average molecular weight is 255 g/mol. The smallest absolute Gasteiger partial charge is 0.121 e. The summed E-state index contributed by atoms with van der Waals surface area (Å²) < 4.78 is 11.1. The quantitative estimate of drug-likeness (QED) is 0.763. The van der Waals surface area contributed by atoms with E-state index >= 15 is 0 Å². The van der Waals surface area contributed by atoms with E-state index in [0.717, 1.165) is 29.7 Å². The Morgan fingerprint density at radius 2 is 2.18 bits per heavy atom. The molecule has 0 amide bonds. The van der Waals surface area contributed by atoms with E-state index in [1.165, 1.54) is 0 Å². The Morgan fingerprint density at radius 3 is 2.71 bits per heavy atom. The normalized spacial score (nSPS) is 25.9. The van der Waals surface area contributed by atoms with E-state index < -0.39 is 0 Å². The summed E-state index contributed by atoms with van der Waals surface area (Å²) in [5.74, 6) is 0.901. The highest BCUT2D eigenvalue weighted by molar-refractivity contribution is 6.21. The molecular weight excluding hydrogens is 236 g/mol. The first kappa shape index (κ1) is 12.7. The maximum absolute atomic E-state index is 6.48. The summed E-state index contributed by atoms with van der Waals surface area (Å²) in [4.78, 5) is 0. The summed E-state index contributed by atoms with van der Waals surface area (Å²) in [6.07, 6.45) is 2.61. The molecule has 1 fully saturated rings. The number of methoxy groups -OCH3 is 1. The molecule has 3 heteroatoms. The zero-order valence-corrected chi connectivity index (χ0v) is 11.3. The van der Waals surface area contributed by atoms with Crippen molar-refractivity contribution in [2.45, 2.75) is 44.3 Å². The fraction of sp³-hybridized carbons (Fsp3) is 0.571. The van der Waals surface area contributed by atoms with Crippen LogP contribution in [0.25, 0.3) is 0 Å². The molecule has 0 radical (unpaired) electrons. The predicted molar refractivity (Wildman–Crippen MR) is 69.9 cm³/mol. The first-order valence-corrected chi connectivity index (χ1v) is 6.49. The Kier molecular flexibility index (Phi) is 3.95. The molecule has 17 heavy (non-hydrogen) atoms. The van der Waals surface area contributed by atoms with E-state index in [1.807, 2.05) is 19.1 Å². The van der Waals surface area contributed by atoms with Crippen LogP contribution in [0.15, 0.2) is 18.2 Å². The molecule has 3 unspecified atom stereocenters. The Bertz CT molecular complexity index is 392. The third kappa shape index (κ3) is 2.75. The van der Waals surface area contributed by atoms with Gasteiger partial charge in [0.2, 0.25) is 0 Å². The third-order valence-corrected chi connectivity index (χ3v) is 3.86. The molecule has 3 atom stereocenters. The first-order valence-electron chi connectivity index (χ1n) is 6.06. The summed E-state index contributed by atoms with van der Waals surface area (Å²) in [6, 6.07) is 6.08. The SMILES string of the molecule is COc1ccc(C(Cl)C2CCC(C)O2)cc1C. The highest BCUT2D eigenvalue weighted by atomic mass is 35.5. The van der Waals surface area contributed by atoms with Crippen LogP contribution in [0, 0.1) is 6.92 Å². The van der Waals surface area contributed by atoms with Gasteiger partial charge in [0.1, 0.15) is 5.75 Å². The molecule has 0 aliphatic carbocycles. The lowest BCUT2D eigenvalue weighted by Gasteiger charge is -2.19.